The molecule has 0 unspecified atom stereocenters. The van der Waals surface area contributed by atoms with E-state index in [-0.39, 0.29) is 6.10 Å². The summed E-state index contributed by atoms with van der Waals surface area (Å²) in [5.74, 6) is 2.05. The third kappa shape index (κ3) is 1.92. The predicted octanol–water partition coefficient (Wildman–Crippen LogP) is 3.12. The summed E-state index contributed by atoms with van der Waals surface area (Å²) in [6, 6.07) is 6.05. The number of hydrogen-bond donors (Lipinski definition) is 1. The van der Waals surface area contributed by atoms with Crippen LogP contribution in [0.2, 0.25) is 0 Å². The maximum atomic E-state index is 9.83. The lowest BCUT2D eigenvalue weighted by molar-refractivity contribution is 0.175. The highest BCUT2D eigenvalue weighted by atomic mass is 79.9. The predicted molar refractivity (Wildman–Crippen MR) is 59.9 cm³/mol. The molecular weight excluding hydrogens is 248 g/mol. The molecule has 1 aromatic carbocycles. The van der Waals surface area contributed by atoms with Crippen LogP contribution in [0.3, 0.4) is 0 Å². The van der Waals surface area contributed by atoms with Gasteiger partial charge in [0.15, 0.2) is 0 Å². The number of halogens is 1. The van der Waals surface area contributed by atoms with Crippen molar-refractivity contribution in [1.82, 2.24) is 0 Å². The van der Waals surface area contributed by atoms with Crippen molar-refractivity contribution in [2.24, 2.45) is 0 Å². The van der Waals surface area contributed by atoms with Crippen LogP contribution >= 0.6 is 27.7 Å². The molecule has 0 radical (unpaired) electrons. The van der Waals surface area contributed by atoms with Gasteiger partial charge in [-0.3, -0.25) is 0 Å². The summed E-state index contributed by atoms with van der Waals surface area (Å²) in [4.78, 5) is 0. The summed E-state index contributed by atoms with van der Waals surface area (Å²) in [6.45, 7) is 0. The second kappa shape index (κ2) is 4.03. The second-order valence-electron chi connectivity index (χ2n) is 3.16. The van der Waals surface area contributed by atoms with Gasteiger partial charge >= 0.3 is 0 Å². The molecule has 1 nitrogen and oxygen atoms in total. The molecule has 0 aliphatic carbocycles. The van der Waals surface area contributed by atoms with Crippen LogP contribution in [-0.2, 0) is 5.75 Å². The van der Waals surface area contributed by atoms with Crippen LogP contribution in [0.5, 0.6) is 0 Å². The zero-order valence-corrected chi connectivity index (χ0v) is 9.57. The lowest BCUT2D eigenvalue weighted by Gasteiger charge is -2.11. The molecule has 0 saturated heterocycles. The van der Waals surface area contributed by atoms with Gasteiger partial charge in [0.2, 0.25) is 0 Å². The van der Waals surface area contributed by atoms with Gasteiger partial charge in [0.25, 0.3) is 0 Å². The average Bonchev–Trinajstić information content (AvgIpc) is 2.30. The van der Waals surface area contributed by atoms with E-state index < -0.39 is 0 Å². The fourth-order valence-electron chi connectivity index (χ4n) is 1.56. The quantitative estimate of drug-likeness (QED) is 0.772. The molecule has 3 heteroatoms. The van der Waals surface area contributed by atoms with Crippen molar-refractivity contribution in [2.45, 2.75) is 18.3 Å². The molecule has 13 heavy (non-hydrogen) atoms. The van der Waals surface area contributed by atoms with Crippen LogP contribution in [0.25, 0.3) is 0 Å². The molecule has 1 heterocycles. The van der Waals surface area contributed by atoms with Crippen molar-refractivity contribution >= 4 is 27.7 Å². The second-order valence-corrected chi connectivity index (χ2v) is 5.12. The maximum Gasteiger partial charge on any atom is 0.0801 e. The molecular formula is C10H11BrOS. The molecule has 0 amide bonds. The number of fused-ring (bicyclic) bond motifs is 1. The molecule has 2 rings (SSSR count). The first-order valence-electron chi connectivity index (χ1n) is 4.32. The van der Waals surface area contributed by atoms with Crippen LogP contribution in [0.4, 0.5) is 0 Å². The molecule has 0 aromatic heterocycles. The minimum absolute atomic E-state index is 0.275. The lowest BCUT2D eigenvalue weighted by atomic mass is 10.0. The molecule has 1 aliphatic heterocycles. The topological polar surface area (TPSA) is 20.2 Å². The summed E-state index contributed by atoms with van der Waals surface area (Å²) >= 11 is 5.41. The highest BCUT2D eigenvalue weighted by Crippen LogP contribution is 2.34. The SMILES string of the molecule is O[C@H]1CCSCc2c(Br)cccc21. The zero-order valence-electron chi connectivity index (χ0n) is 7.16. The monoisotopic (exact) mass is 258 g/mol. The first-order chi connectivity index (χ1) is 6.29. The van der Waals surface area contributed by atoms with Gasteiger partial charge in [-0.15, -0.1) is 0 Å². The Balaban J connectivity index is 2.47. The van der Waals surface area contributed by atoms with Gasteiger partial charge in [-0.25, -0.2) is 0 Å². The van der Waals surface area contributed by atoms with Gasteiger partial charge in [-0.05, 0) is 29.4 Å². The summed E-state index contributed by atoms with van der Waals surface area (Å²) in [5, 5.41) is 9.83. The van der Waals surface area contributed by atoms with Gasteiger partial charge in [-0.2, -0.15) is 11.8 Å². The van der Waals surface area contributed by atoms with Crippen molar-refractivity contribution in [3.8, 4) is 0 Å². The molecule has 1 aromatic rings. The van der Waals surface area contributed by atoms with Crippen LogP contribution in [0.1, 0.15) is 23.7 Å². The van der Waals surface area contributed by atoms with Crippen molar-refractivity contribution in [1.29, 1.82) is 0 Å². The molecule has 0 saturated carbocycles. The van der Waals surface area contributed by atoms with Crippen molar-refractivity contribution < 1.29 is 5.11 Å². The molecule has 1 aliphatic rings. The maximum absolute atomic E-state index is 9.83. The fourth-order valence-corrected chi connectivity index (χ4v) is 3.33. The Morgan fingerprint density at radius 2 is 2.31 bits per heavy atom. The molecule has 1 N–H and O–H groups in total. The normalized spacial score (nSPS) is 22.2. The van der Waals surface area contributed by atoms with E-state index >= 15 is 0 Å². The largest absolute Gasteiger partial charge is 0.388 e. The first kappa shape index (κ1) is 9.56. The van der Waals surface area contributed by atoms with Gasteiger partial charge < -0.3 is 5.11 Å². The van der Waals surface area contributed by atoms with Crippen molar-refractivity contribution in [3.05, 3.63) is 33.8 Å². The van der Waals surface area contributed by atoms with Crippen LogP contribution < -0.4 is 0 Å². The number of hydrogen-bond acceptors (Lipinski definition) is 2. The van der Waals surface area contributed by atoms with Crippen molar-refractivity contribution in [2.75, 3.05) is 5.75 Å². The van der Waals surface area contributed by atoms with E-state index in [1.165, 1.54) is 5.56 Å². The summed E-state index contributed by atoms with van der Waals surface area (Å²) < 4.78 is 1.12. The Labute approximate surface area is 90.7 Å². The van der Waals surface area contributed by atoms with E-state index in [1.54, 1.807) is 0 Å². The Morgan fingerprint density at radius 3 is 3.15 bits per heavy atom. The van der Waals surface area contributed by atoms with E-state index in [4.69, 9.17) is 0 Å². The van der Waals surface area contributed by atoms with E-state index in [2.05, 4.69) is 15.9 Å². The highest BCUT2D eigenvalue weighted by molar-refractivity contribution is 9.10. The van der Waals surface area contributed by atoms with E-state index in [1.807, 2.05) is 30.0 Å². The van der Waals surface area contributed by atoms with E-state index in [0.29, 0.717) is 0 Å². The van der Waals surface area contributed by atoms with Gasteiger partial charge in [0, 0.05) is 10.2 Å². The van der Waals surface area contributed by atoms with Crippen LogP contribution in [0.15, 0.2) is 22.7 Å². The van der Waals surface area contributed by atoms with Crippen LogP contribution in [0, 0.1) is 0 Å². The number of thioether (sulfide) groups is 1. The molecule has 70 valence electrons. The molecule has 0 fully saturated rings. The standard InChI is InChI=1S/C10H11BrOS/c11-9-3-1-2-7-8(9)6-13-5-4-10(7)12/h1-3,10,12H,4-6H2/t10-/m0/s1. The fraction of sp³-hybridized carbons (Fsp3) is 0.400. The summed E-state index contributed by atoms with van der Waals surface area (Å²) in [6.07, 6.45) is 0.594. The van der Waals surface area contributed by atoms with Crippen molar-refractivity contribution in [3.63, 3.8) is 0 Å². The van der Waals surface area contributed by atoms with Gasteiger partial charge in [0.05, 0.1) is 6.10 Å². The number of rotatable bonds is 0. The Hall–Kier alpha value is 0.0100. The third-order valence-electron chi connectivity index (χ3n) is 2.30. The molecule has 0 bridgehead atoms. The first-order valence-corrected chi connectivity index (χ1v) is 6.27. The Kier molecular flexibility index (Phi) is 2.96. The van der Waals surface area contributed by atoms with Crippen LogP contribution in [-0.4, -0.2) is 10.9 Å². The minimum atomic E-state index is -0.275. The summed E-state index contributed by atoms with van der Waals surface area (Å²) in [7, 11) is 0. The lowest BCUT2D eigenvalue weighted by Crippen LogP contribution is -1.99. The van der Waals surface area contributed by atoms with E-state index in [9.17, 15) is 5.11 Å². The number of benzene rings is 1. The smallest absolute Gasteiger partial charge is 0.0801 e. The Morgan fingerprint density at radius 1 is 1.46 bits per heavy atom. The van der Waals surface area contributed by atoms with Gasteiger partial charge in [0.1, 0.15) is 0 Å². The highest BCUT2D eigenvalue weighted by Gasteiger charge is 2.17. The zero-order chi connectivity index (χ0) is 9.26. The van der Waals surface area contributed by atoms with Gasteiger partial charge in [-0.1, -0.05) is 28.1 Å². The number of aliphatic hydroxyl groups is 1. The number of aliphatic hydroxyl groups excluding tert-OH is 1. The molecule has 1 atom stereocenters. The minimum Gasteiger partial charge on any atom is -0.388 e. The molecule has 0 spiro atoms. The Bertz CT molecular complexity index is 314. The van der Waals surface area contributed by atoms with E-state index in [0.717, 1.165) is 28.0 Å². The average molecular weight is 259 g/mol. The third-order valence-corrected chi connectivity index (χ3v) is 4.06. The summed E-state index contributed by atoms with van der Waals surface area (Å²) in [5.41, 5.74) is 2.36.